The van der Waals surface area contributed by atoms with Gasteiger partial charge in [-0.15, -0.1) is 0 Å². The van der Waals surface area contributed by atoms with E-state index in [1.807, 2.05) is 20.8 Å². The van der Waals surface area contributed by atoms with Gasteiger partial charge in [0.15, 0.2) is 0 Å². The summed E-state index contributed by atoms with van der Waals surface area (Å²) in [7, 11) is 0. The van der Waals surface area contributed by atoms with Crippen molar-refractivity contribution in [1.29, 1.82) is 0 Å². The third-order valence-electron chi connectivity index (χ3n) is 6.49. The average molecular weight is 408 g/mol. The van der Waals surface area contributed by atoms with Crippen LogP contribution in [0, 0.1) is 35.5 Å². The zero-order valence-electron chi connectivity index (χ0n) is 17.4. The zero-order chi connectivity index (χ0) is 20.6. The monoisotopic (exact) mass is 408 g/mol. The molecule has 3 aliphatic carbocycles. The molecule has 0 aromatic rings. The van der Waals surface area contributed by atoms with Crippen molar-refractivity contribution in [3.05, 3.63) is 0 Å². The molecule has 28 heavy (non-hydrogen) atoms. The van der Waals surface area contributed by atoms with Gasteiger partial charge in [0.05, 0.1) is 0 Å². The summed E-state index contributed by atoms with van der Waals surface area (Å²) >= 11 is 0. The molecule has 3 fully saturated rings. The Labute approximate surface area is 179 Å². The van der Waals surface area contributed by atoms with Crippen LogP contribution in [-0.2, 0) is 14.4 Å². The molecule has 0 amide bonds. The Morgan fingerprint density at radius 3 is 0.821 bits per heavy atom. The number of carbonyl (C=O) groups excluding carboxylic acids is 3. The molecule has 0 aromatic heterocycles. The van der Waals surface area contributed by atoms with Gasteiger partial charge >= 0.3 is 17.4 Å². The molecule has 6 unspecified atom stereocenters. The first-order valence-corrected chi connectivity index (χ1v) is 10.3. The van der Waals surface area contributed by atoms with E-state index in [1.54, 1.807) is 0 Å². The smallest absolute Gasteiger partial charge is 0.550 e. The molecule has 0 aromatic carbocycles. The first-order chi connectivity index (χ1) is 12.6. The molecule has 0 heterocycles. The van der Waals surface area contributed by atoms with Gasteiger partial charge in [0.2, 0.25) is 0 Å². The molecule has 0 N–H and O–H groups in total. The van der Waals surface area contributed by atoms with Gasteiger partial charge in [0, 0.05) is 35.7 Å². The van der Waals surface area contributed by atoms with E-state index >= 15 is 0 Å². The van der Waals surface area contributed by atoms with Crippen LogP contribution in [0.1, 0.15) is 78.6 Å². The van der Waals surface area contributed by atoms with E-state index in [-0.39, 0.29) is 35.1 Å². The summed E-state index contributed by atoms with van der Waals surface area (Å²) in [5, 5.41) is 30.9. The van der Waals surface area contributed by atoms with Gasteiger partial charge in [-0.05, 0) is 37.0 Å². The van der Waals surface area contributed by atoms with Crippen LogP contribution in [-0.4, -0.2) is 35.3 Å². The Balaban J connectivity index is 0.000000384. The fourth-order valence-corrected chi connectivity index (χ4v) is 4.49. The Kier molecular flexibility index (Phi) is 12.7. The molecule has 3 saturated carbocycles. The van der Waals surface area contributed by atoms with Gasteiger partial charge in [0.25, 0.3) is 0 Å². The number of hydrogen-bond donors (Lipinski definition) is 0. The number of carboxylic acids is 3. The van der Waals surface area contributed by atoms with Crippen LogP contribution in [0.3, 0.4) is 0 Å². The Bertz CT molecular complexity index is 438. The minimum Gasteiger partial charge on any atom is -0.550 e. The van der Waals surface area contributed by atoms with Crippen molar-refractivity contribution in [1.82, 2.24) is 0 Å². The minimum absolute atomic E-state index is 0. The van der Waals surface area contributed by atoms with E-state index in [0.29, 0.717) is 17.8 Å². The quantitative estimate of drug-likeness (QED) is 0.613. The molecule has 0 radical (unpaired) electrons. The molecule has 0 saturated heterocycles. The number of rotatable bonds is 3. The standard InChI is InChI=1S/3C7H12O2.Al/c3*1-5-3-2-4-6(5)7(8)9;/h3*5-6H,2-4H2,1H3,(H,8,9);/q;;;+3/p-3. The SMILES string of the molecule is CC1CCCC1C(=O)[O-].CC1CCCC1C(=O)[O-].CC1CCCC1C(=O)[O-].[Al+3]. The molecule has 6 nitrogen and oxygen atoms in total. The van der Waals surface area contributed by atoms with Gasteiger partial charge in [-0.25, -0.2) is 0 Å². The van der Waals surface area contributed by atoms with Crippen LogP contribution in [0.2, 0.25) is 0 Å². The van der Waals surface area contributed by atoms with E-state index in [0.717, 1.165) is 57.8 Å². The second-order valence-corrected chi connectivity index (χ2v) is 8.50. The zero-order valence-corrected chi connectivity index (χ0v) is 18.5. The maximum Gasteiger partial charge on any atom is 3.00 e. The number of hydrogen-bond acceptors (Lipinski definition) is 6. The summed E-state index contributed by atoms with van der Waals surface area (Å²) in [6.45, 7) is 5.94. The number of carboxylic acid groups (broad SMARTS) is 3. The Morgan fingerprint density at radius 1 is 0.536 bits per heavy atom. The van der Waals surface area contributed by atoms with Gasteiger partial charge in [-0.1, -0.05) is 59.3 Å². The van der Waals surface area contributed by atoms with Crippen LogP contribution in [0.4, 0.5) is 0 Å². The summed E-state index contributed by atoms with van der Waals surface area (Å²) in [6.07, 6.45) is 8.80. The first-order valence-electron chi connectivity index (χ1n) is 10.3. The molecular formula is C21H33AlO6. The molecule has 6 atom stereocenters. The Hall–Kier alpha value is -1.06. The van der Waals surface area contributed by atoms with Crippen LogP contribution in [0.5, 0.6) is 0 Å². The Morgan fingerprint density at radius 2 is 0.750 bits per heavy atom. The molecule has 3 rings (SSSR count). The van der Waals surface area contributed by atoms with Crippen molar-refractivity contribution in [3.8, 4) is 0 Å². The van der Waals surface area contributed by atoms with Crippen LogP contribution in [0.15, 0.2) is 0 Å². The largest absolute Gasteiger partial charge is 3.00 e. The van der Waals surface area contributed by atoms with E-state index in [2.05, 4.69) is 0 Å². The van der Waals surface area contributed by atoms with Crippen LogP contribution in [0.25, 0.3) is 0 Å². The van der Waals surface area contributed by atoms with Crippen molar-refractivity contribution >= 4 is 35.3 Å². The molecular weight excluding hydrogens is 375 g/mol. The molecule has 7 heteroatoms. The predicted molar refractivity (Wildman–Crippen MR) is 100 cm³/mol. The molecule has 0 aliphatic heterocycles. The van der Waals surface area contributed by atoms with Gasteiger partial charge in [0.1, 0.15) is 0 Å². The van der Waals surface area contributed by atoms with Gasteiger partial charge in [-0.2, -0.15) is 0 Å². The fourth-order valence-electron chi connectivity index (χ4n) is 4.49. The van der Waals surface area contributed by atoms with E-state index in [4.69, 9.17) is 0 Å². The summed E-state index contributed by atoms with van der Waals surface area (Å²) in [4.78, 5) is 30.9. The number of carbonyl (C=O) groups is 3. The second-order valence-electron chi connectivity index (χ2n) is 8.50. The van der Waals surface area contributed by atoms with E-state index in [9.17, 15) is 29.7 Å². The second kappa shape index (κ2) is 13.2. The minimum atomic E-state index is -0.861. The average Bonchev–Trinajstić information content (AvgIpc) is 3.29. The van der Waals surface area contributed by atoms with E-state index < -0.39 is 17.9 Å². The summed E-state index contributed by atoms with van der Waals surface area (Å²) in [5.41, 5.74) is 0. The maximum atomic E-state index is 10.3. The topological polar surface area (TPSA) is 120 Å². The first kappa shape index (κ1) is 26.9. The van der Waals surface area contributed by atoms with Crippen molar-refractivity contribution < 1.29 is 29.7 Å². The van der Waals surface area contributed by atoms with Gasteiger partial charge in [-0.3, -0.25) is 0 Å². The van der Waals surface area contributed by atoms with Crippen molar-refractivity contribution in [3.63, 3.8) is 0 Å². The van der Waals surface area contributed by atoms with Crippen LogP contribution < -0.4 is 15.3 Å². The van der Waals surface area contributed by atoms with Crippen molar-refractivity contribution in [2.75, 3.05) is 0 Å². The van der Waals surface area contributed by atoms with Crippen molar-refractivity contribution in [2.45, 2.75) is 78.6 Å². The molecule has 0 bridgehead atoms. The third-order valence-corrected chi connectivity index (χ3v) is 6.49. The maximum absolute atomic E-state index is 10.3. The molecule has 156 valence electrons. The normalized spacial score (nSPS) is 33.5. The van der Waals surface area contributed by atoms with Crippen LogP contribution >= 0.6 is 0 Å². The fraction of sp³-hybridized carbons (Fsp3) is 0.857. The molecule has 3 aliphatic rings. The van der Waals surface area contributed by atoms with E-state index in [1.165, 1.54) is 0 Å². The summed E-state index contributed by atoms with van der Waals surface area (Å²) < 4.78 is 0. The summed E-state index contributed by atoms with van der Waals surface area (Å²) in [6, 6.07) is 0. The number of aliphatic carboxylic acids is 3. The van der Waals surface area contributed by atoms with Crippen molar-refractivity contribution in [2.24, 2.45) is 35.5 Å². The third kappa shape index (κ3) is 8.53. The van der Waals surface area contributed by atoms with Gasteiger partial charge < -0.3 is 29.7 Å². The predicted octanol–water partition coefficient (Wildman–Crippen LogP) is 0.137. The summed E-state index contributed by atoms with van der Waals surface area (Å²) in [5.74, 6) is -2.04. The molecule has 0 spiro atoms.